The quantitative estimate of drug-likeness (QED) is 0.764. The normalized spacial score (nSPS) is 10.8. The van der Waals surface area contributed by atoms with Crippen LogP contribution in [0.3, 0.4) is 0 Å². The summed E-state index contributed by atoms with van der Waals surface area (Å²) in [7, 11) is 1.61. The second kappa shape index (κ2) is 4.11. The van der Waals surface area contributed by atoms with Crippen LogP contribution in [0.1, 0.15) is 11.3 Å². The molecule has 0 N–H and O–H groups in total. The molecule has 1 aromatic heterocycles. The van der Waals surface area contributed by atoms with Crippen LogP contribution in [0.25, 0.3) is 10.9 Å². The molecule has 0 unspecified atom stereocenters. The van der Waals surface area contributed by atoms with Gasteiger partial charge in [0.2, 0.25) is 0 Å². The number of halogens is 2. The van der Waals surface area contributed by atoms with Crippen molar-refractivity contribution in [2.45, 2.75) is 13.8 Å². The van der Waals surface area contributed by atoms with Crippen molar-refractivity contribution in [2.24, 2.45) is 0 Å². The Morgan fingerprint density at radius 3 is 2.50 bits per heavy atom. The van der Waals surface area contributed by atoms with Gasteiger partial charge in [-0.1, -0.05) is 23.2 Å². The van der Waals surface area contributed by atoms with Gasteiger partial charge >= 0.3 is 0 Å². The molecule has 0 radical (unpaired) electrons. The van der Waals surface area contributed by atoms with Gasteiger partial charge in [-0.3, -0.25) is 4.98 Å². The number of fused-ring (bicyclic) bond motifs is 1. The SMILES string of the molecule is COc1ccc(Cl)c2nc(C)c(C)c(Cl)c12. The maximum atomic E-state index is 6.31. The standard InChI is InChI=1S/C12H11Cl2NO/c1-6-7(2)15-12-8(13)4-5-9(16-3)10(12)11(6)14/h4-5H,1-3H3. The second-order valence-electron chi connectivity index (χ2n) is 3.61. The summed E-state index contributed by atoms with van der Waals surface area (Å²) in [6.45, 7) is 3.85. The Balaban J connectivity index is 2.99. The van der Waals surface area contributed by atoms with Crippen LogP contribution >= 0.6 is 23.2 Å². The van der Waals surface area contributed by atoms with E-state index in [0.717, 1.165) is 16.6 Å². The Labute approximate surface area is 104 Å². The van der Waals surface area contributed by atoms with Gasteiger partial charge < -0.3 is 4.74 Å². The van der Waals surface area contributed by atoms with E-state index in [2.05, 4.69) is 4.98 Å². The number of hydrogen-bond acceptors (Lipinski definition) is 2. The highest BCUT2D eigenvalue weighted by Crippen LogP contribution is 2.37. The molecule has 0 atom stereocenters. The van der Waals surface area contributed by atoms with Gasteiger partial charge in [0, 0.05) is 5.69 Å². The summed E-state index contributed by atoms with van der Waals surface area (Å²) in [5.41, 5.74) is 2.52. The molecule has 84 valence electrons. The largest absolute Gasteiger partial charge is 0.496 e. The molecule has 0 bridgehead atoms. The van der Waals surface area contributed by atoms with E-state index in [1.54, 1.807) is 19.2 Å². The molecule has 0 saturated heterocycles. The third-order valence-electron chi connectivity index (χ3n) is 2.68. The van der Waals surface area contributed by atoms with Gasteiger partial charge in [-0.2, -0.15) is 0 Å². The predicted molar refractivity (Wildman–Crippen MR) is 67.8 cm³/mol. The third-order valence-corrected chi connectivity index (χ3v) is 3.46. The summed E-state index contributed by atoms with van der Waals surface area (Å²) in [6, 6.07) is 3.56. The van der Waals surface area contributed by atoms with Crippen molar-refractivity contribution in [3.05, 3.63) is 33.4 Å². The number of ether oxygens (including phenoxy) is 1. The van der Waals surface area contributed by atoms with Crippen LogP contribution in [0.15, 0.2) is 12.1 Å². The first kappa shape index (κ1) is 11.5. The highest BCUT2D eigenvalue weighted by molar-refractivity contribution is 6.40. The summed E-state index contributed by atoms with van der Waals surface area (Å²) < 4.78 is 5.28. The molecule has 2 aromatic rings. The Morgan fingerprint density at radius 1 is 1.19 bits per heavy atom. The van der Waals surface area contributed by atoms with Crippen LogP contribution in [0.4, 0.5) is 0 Å². The highest BCUT2D eigenvalue weighted by atomic mass is 35.5. The van der Waals surface area contributed by atoms with Crippen molar-refractivity contribution in [2.75, 3.05) is 7.11 Å². The summed E-state index contributed by atoms with van der Waals surface area (Å²) in [5, 5.41) is 2.02. The van der Waals surface area contributed by atoms with E-state index in [-0.39, 0.29) is 0 Å². The molecular weight excluding hydrogens is 245 g/mol. The number of rotatable bonds is 1. The topological polar surface area (TPSA) is 22.1 Å². The van der Waals surface area contributed by atoms with Crippen LogP contribution in [0.5, 0.6) is 5.75 Å². The van der Waals surface area contributed by atoms with Gasteiger partial charge in [0.05, 0.1) is 28.1 Å². The lowest BCUT2D eigenvalue weighted by Gasteiger charge is -2.11. The molecule has 1 heterocycles. The summed E-state index contributed by atoms with van der Waals surface area (Å²) >= 11 is 12.4. The Bertz CT molecular complexity index is 567. The third kappa shape index (κ3) is 1.62. The lowest BCUT2D eigenvalue weighted by atomic mass is 10.1. The molecule has 0 amide bonds. The van der Waals surface area contributed by atoms with Gasteiger partial charge in [0.1, 0.15) is 5.75 Å². The minimum absolute atomic E-state index is 0.584. The average molecular weight is 256 g/mol. The number of hydrogen-bond donors (Lipinski definition) is 0. The molecule has 0 aliphatic carbocycles. The first-order valence-electron chi connectivity index (χ1n) is 4.85. The smallest absolute Gasteiger partial charge is 0.129 e. The summed E-state index contributed by atoms with van der Waals surface area (Å²) in [6.07, 6.45) is 0. The minimum atomic E-state index is 0.584. The summed E-state index contributed by atoms with van der Waals surface area (Å²) in [5.74, 6) is 0.694. The van der Waals surface area contributed by atoms with Crippen LogP contribution in [-0.4, -0.2) is 12.1 Å². The fourth-order valence-electron chi connectivity index (χ4n) is 1.64. The van der Waals surface area contributed by atoms with E-state index in [0.29, 0.717) is 21.3 Å². The molecule has 0 aliphatic heterocycles. The second-order valence-corrected chi connectivity index (χ2v) is 4.39. The Morgan fingerprint density at radius 2 is 1.88 bits per heavy atom. The van der Waals surface area contributed by atoms with E-state index in [9.17, 15) is 0 Å². The van der Waals surface area contributed by atoms with Crippen LogP contribution in [-0.2, 0) is 0 Å². The molecule has 1 aromatic carbocycles. The maximum Gasteiger partial charge on any atom is 0.129 e. The maximum absolute atomic E-state index is 6.31. The zero-order valence-electron chi connectivity index (χ0n) is 9.27. The Hall–Kier alpha value is -0.990. The lowest BCUT2D eigenvalue weighted by molar-refractivity contribution is 0.419. The zero-order valence-corrected chi connectivity index (χ0v) is 10.8. The van der Waals surface area contributed by atoms with Gasteiger partial charge in [-0.15, -0.1) is 0 Å². The molecule has 4 heteroatoms. The molecule has 0 saturated carbocycles. The monoisotopic (exact) mass is 255 g/mol. The van der Waals surface area contributed by atoms with Gasteiger partial charge in [-0.25, -0.2) is 0 Å². The number of aromatic nitrogens is 1. The molecule has 0 fully saturated rings. The fraction of sp³-hybridized carbons (Fsp3) is 0.250. The van der Waals surface area contributed by atoms with Crippen molar-refractivity contribution in [3.8, 4) is 5.75 Å². The van der Waals surface area contributed by atoms with Gasteiger partial charge in [-0.05, 0) is 31.5 Å². The molecular formula is C12H11Cl2NO. The number of benzene rings is 1. The molecule has 0 spiro atoms. The van der Waals surface area contributed by atoms with E-state index in [1.165, 1.54) is 0 Å². The van der Waals surface area contributed by atoms with Crippen molar-refractivity contribution < 1.29 is 4.74 Å². The number of aryl methyl sites for hydroxylation is 1. The Kier molecular flexibility index (Phi) is 2.96. The minimum Gasteiger partial charge on any atom is -0.496 e. The van der Waals surface area contributed by atoms with Crippen molar-refractivity contribution in [1.29, 1.82) is 0 Å². The highest BCUT2D eigenvalue weighted by Gasteiger charge is 2.14. The first-order chi connectivity index (χ1) is 7.56. The zero-order chi connectivity index (χ0) is 11.9. The van der Waals surface area contributed by atoms with E-state index < -0.39 is 0 Å². The van der Waals surface area contributed by atoms with Crippen molar-refractivity contribution in [3.63, 3.8) is 0 Å². The fourth-order valence-corrected chi connectivity index (χ4v) is 2.16. The van der Waals surface area contributed by atoms with Crippen molar-refractivity contribution in [1.82, 2.24) is 4.98 Å². The molecule has 2 nitrogen and oxygen atoms in total. The summed E-state index contributed by atoms with van der Waals surface area (Å²) in [4.78, 5) is 4.45. The lowest BCUT2D eigenvalue weighted by Crippen LogP contribution is -1.94. The molecule has 0 aliphatic rings. The first-order valence-corrected chi connectivity index (χ1v) is 5.60. The van der Waals surface area contributed by atoms with E-state index in [1.807, 2.05) is 13.8 Å². The number of methoxy groups -OCH3 is 1. The predicted octanol–water partition coefficient (Wildman–Crippen LogP) is 4.17. The van der Waals surface area contributed by atoms with Gasteiger partial charge in [0.25, 0.3) is 0 Å². The number of pyridine rings is 1. The van der Waals surface area contributed by atoms with Crippen LogP contribution < -0.4 is 4.74 Å². The van der Waals surface area contributed by atoms with Crippen molar-refractivity contribution >= 4 is 34.1 Å². The van der Waals surface area contributed by atoms with E-state index >= 15 is 0 Å². The molecule has 2 rings (SSSR count). The van der Waals surface area contributed by atoms with Gasteiger partial charge in [0.15, 0.2) is 0 Å². The van der Waals surface area contributed by atoms with E-state index in [4.69, 9.17) is 27.9 Å². The molecule has 16 heavy (non-hydrogen) atoms. The average Bonchev–Trinajstić information content (AvgIpc) is 2.27. The van der Waals surface area contributed by atoms with Crippen LogP contribution in [0, 0.1) is 13.8 Å². The van der Waals surface area contributed by atoms with Crippen LogP contribution in [0.2, 0.25) is 10.0 Å². The number of nitrogens with zero attached hydrogens (tertiary/aromatic N) is 1.